The number of imidazole rings is 1. The largest absolute Gasteiger partial charge is 0.370 e. The first-order valence-corrected chi connectivity index (χ1v) is 8.99. The molecule has 1 rings (SSSR count). The zero-order valence-corrected chi connectivity index (χ0v) is 15.5. The molecule has 142 valence electrons. The van der Waals surface area contributed by atoms with Crippen LogP contribution in [-0.2, 0) is 5.75 Å². The monoisotopic (exact) mass is 381 g/mol. The van der Waals surface area contributed by atoms with E-state index < -0.39 is 4.92 Å². The van der Waals surface area contributed by atoms with E-state index >= 15 is 0 Å². The average molecular weight is 381 g/mol. The van der Waals surface area contributed by atoms with Crippen LogP contribution in [0.15, 0.2) is 23.3 Å². The molecule has 0 saturated carbocycles. The standard InChI is InChI=1S/C14H23N9O2S/c1-11-12(22-10-21-11)8-26-6-5-19-14(20-9-15)18-4-3-17-13(16-2)7-23(24)25/h7,10,16-17H,3-6,8H2,1-2H3,(H,21,22)(H2,18,19,20). The molecule has 0 bridgehead atoms. The van der Waals surface area contributed by atoms with Gasteiger partial charge >= 0.3 is 0 Å². The summed E-state index contributed by atoms with van der Waals surface area (Å²) in [4.78, 5) is 21.4. The normalized spacial score (nSPS) is 11.6. The number of H-pyrrole nitrogens is 1. The fraction of sp³-hybridized carbons (Fsp3) is 0.500. The summed E-state index contributed by atoms with van der Waals surface area (Å²) < 4.78 is 0. The summed E-state index contributed by atoms with van der Waals surface area (Å²) in [6, 6.07) is 0. The second-order valence-corrected chi connectivity index (χ2v) is 6.03. The maximum Gasteiger partial charge on any atom is 0.274 e. The minimum Gasteiger partial charge on any atom is -0.370 e. The molecule has 0 unspecified atom stereocenters. The van der Waals surface area contributed by atoms with Crippen LogP contribution >= 0.6 is 11.8 Å². The number of aryl methyl sites for hydroxylation is 1. The first-order chi connectivity index (χ1) is 12.6. The van der Waals surface area contributed by atoms with Gasteiger partial charge in [0.05, 0.1) is 23.5 Å². The fourth-order valence-corrected chi connectivity index (χ4v) is 2.65. The highest BCUT2D eigenvalue weighted by molar-refractivity contribution is 7.98. The van der Waals surface area contributed by atoms with Crippen LogP contribution in [0.5, 0.6) is 0 Å². The van der Waals surface area contributed by atoms with Gasteiger partial charge in [-0.2, -0.15) is 17.0 Å². The third kappa shape index (κ3) is 8.78. The summed E-state index contributed by atoms with van der Waals surface area (Å²) in [6.07, 6.45) is 4.35. The van der Waals surface area contributed by atoms with Gasteiger partial charge in [-0.15, -0.1) is 0 Å². The average Bonchev–Trinajstić information content (AvgIpc) is 3.01. The second-order valence-electron chi connectivity index (χ2n) is 4.93. The molecule has 0 aliphatic rings. The Hall–Kier alpha value is -2.94. The molecule has 0 aromatic carbocycles. The van der Waals surface area contributed by atoms with Gasteiger partial charge in [0.25, 0.3) is 6.20 Å². The first-order valence-electron chi connectivity index (χ1n) is 7.83. The molecule has 1 heterocycles. The van der Waals surface area contributed by atoms with Crippen molar-refractivity contribution >= 4 is 17.7 Å². The summed E-state index contributed by atoms with van der Waals surface area (Å²) in [5, 5.41) is 30.2. The van der Waals surface area contributed by atoms with E-state index in [0.717, 1.165) is 29.1 Å². The van der Waals surface area contributed by atoms with Gasteiger partial charge in [-0.3, -0.25) is 20.4 Å². The molecule has 0 radical (unpaired) electrons. The van der Waals surface area contributed by atoms with E-state index in [4.69, 9.17) is 5.26 Å². The Labute approximate surface area is 155 Å². The van der Waals surface area contributed by atoms with Crippen molar-refractivity contribution in [2.45, 2.75) is 12.7 Å². The number of nitro groups is 1. The Bertz CT molecular complexity index is 666. The van der Waals surface area contributed by atoms with Gasteiger partial charge in [0, 0.05) is 37.3 Å². The smallest absolute Gasteiger partial charge is 0.274 e. The van der Waals surface area contributed by atoms with Crippen molar-refractivity contribution in [3.05, 3.63) is 39.9 Å². The van der Waals surface area contributed by atoms with Crippen LogP contribution < -0.4 is 21.3 Å². The molecule has 1 aromatic heterocycles. The van der Waals surface area contributed by atoms with Gasteiger partial charge in [0.2, 0.25) is 5.96 Å². The highest BCUT2D eigenvalue weighted by atomic mass is 32.2. The summed E-state index contributed by atoms with van der Waals surface area (Å²) in [5.74, 6) is 2.26. The fourth-order valence-electron chi connectivity index (χ4n) is 1.80. The van der Waals surface area contributed by atoms with Gasteiger partial charge in [0.1, 0.15) is 0 Å². The SMILES string of the molecule is CNC(=C[N+](=O)[O-])NCCNC(=NCCSCc1nc[nH]c1C)NC#N. The number of rotatable bonds is 11. The van der Waals surface area contributed by atoms with Crippen molar-refractivity contribution in [1.29, 1.82) is 5.26 Å². The molecule has 0 aliphatic carbocycles. The third-order valence-corrected chi connectivity index (χ3v) is 4.04. The molecule has 26 heavy (non-hydrogen) atoms. The zero-order chi connectivity index (χ0) is 19.2. The van der Waals surface area contributed by atoms with Crippen LogP contribution in [0.25, 0.3) is 0 Å². The molecule has 0 aliphatic heterocycles. The number of guanidine groups is 1. The summed E-state index contributed by atoms with van der Waals surface area (Å²) in [6.45, 7) is 3.37. The van der Waals surface area contributed by atoms with Crippen molar-refractivity contribution in [3.8, 4) is 6.19 Å². The highest BCUT2D eigenvalue weighted by Gasteiger charge is 2.02. The Balaban J connectivity index is 2.29. The van der Waals surface area contributed by atoms with E-state index in [2.05, 4.69) is 36.2 Å². The van der Waals surface area contributed by atoms with E-state index in [9.17, 15) is 10.1 Å². The molecule has 0 fully saturated rings. The van der Waals surface area contributed by atoms with Gasteiger partial charge in [0.15, 0.2) is 12.0 Å². The lowest BCUT2D eigenvalue weighted by molar-refractivity contribution is -0.404. The minimum absolute atomic E-state index is 0.300. The van der Waals surface area contributed by atoms with Crippen molar-refractivity contribution in [2.24, 2.45) is 4.99 Å². The number of thioether (sulfide) groups is 1. The van der Waals surface area contributed by atoms with Gasteiger partial charge in [-0.1, -0.05) is 0 Å². The Morgan fingerprint density at radius 2 is 2.31 bits per heavy atom. The molecular weight excluding hydrogens is 358 g/mol. The van der Waals surface area contributed by atoms with Crippen LogP contribution in [0.1, 0.15) is 11.4 Å². The molecule has 0 amide bonds. The summed E-state index contributed by atoms with van der Waals surface area (Å²) in [5.41, 5.74) is 2.09. The zero-order valence-electron chi connectivity index (χ0n) is 14.7. The molecule has 12 heteroatoms. The highest BCUT2D eigenvalue weighted by Crippen LogP contribution is 2.11. The molecular formula is C14H23N9O2S. The molecule has 0 spiro atoms. The number of nitriles is 1. The molecule has 0 saturated heterocycles. The van der Waals surface area contributed by atoms with Crippen LogP contribution in [-0.4, -0.2) is 53.3 Å². The first kappa shape index (κ1) is 21.1. The van der Waals surface area contributed by atoms with E-state index in [1.807, 2.05) is 13.1 Å². The maximum atomic E-state index is 10.4. The molecule has 1 aromatic rings. The van der Waals surface area contributed by atoms with Crippen molar-refractivity contribution in [3.63, 3.8) is 0 Å². The van der Waals surface area contributed by atoms with Gasteiger partial charge < -0.3 is 20.9 Å². The van der Waals surface area contributed by atoms with Crippen molar-refractivity contribution in [2.75, 3.05) is 32.4 Å². The topological polar surface area (TPSA) is 156 Å². The van der Waals surface area contributed by atoms with Crippen LogP contribution in [0.2, 0.25) is 0 Å². The van der Waals surface area contributed by atoms with E-state index in [-0.39, 0.29) is 0 Å². The van der Waals surface area contributed by atoms with Crippen molar-refractivity contribution < 1.29 is 4.92 Å². The van der Waals surface area contributed by atoms with E-state index in [1.54, 1.807) is 25.1 Å². The number of aromatic amines is 1. The second kappa shape index (κ2) is 12.4. The lowest BCUT2D eigenvalue weighted by Crippen LogP contribution is -2.39. The van der Waals surface area contributed by atoms with Gasteiger partial charge in [-0.05, 0) is 6.92 Å². The lowest BCUT2D eigenvalue weighted by atomic mass is 10.4. The van der Waals surface area contributed by atoms with Gasteiger partial charge in [-0.25, -0.2) is 4.98 Å². The number of nitrogens with zero attached hydrogens (tertiary/aromatic N) is 4. The number of aliphatic imine (C=N–C) groups is 1. The molecule has 0 atom stereocenters. The summed E-state index contributed by atoms with van der Waals surface area (Å²) >= 11 is 1.71. The Morgan fingerprint density at radius 1 is 1.54 bits per heavy atom. The Kier molecular flexibility index (Phi) is 10.1. The maximum absolute atomic E-state index is 10.4. The minimum atomic E-state index is -0.543. The van der Waals surface area contributed by atoms with Crippen molar-refractivity contribution in [1.82, 2.24) is 31.2 Å². The van der Waals surface area contributed by atoms with E-state index in [1.165, 1.54) is 0 Å². The summed E-state index contributed by atoms with van der Waals surface area (Å²) in [7, 11) is 1.59. The predicted molar refractivity (Wildman–Crippen MR) is 101 cm³/mol. The number of hydrogen-bond acceptors (Lipinski definition) is 8. The van der Waals surface area contributed by atoms with Crippen LogP contribution in [0.3, 0.4) is 0 Å². The van der Waals surface area contributed by atoms with Crippen LogP contribution in [0.4, 0.5) is 0 Å². The van der Waals surface area contributed by atoms with Crippen LogP contribution in [0, 0.1) is 28.5 Å². The number of hydrogen-bond donors (Lipinski definition) is 5. The third-order valence-electron chi connectivity index (χ3n) is 3.09. The predicted octanol–water partition coefficient (Wildman–Crippen LogP) is -0.148. The number of nitrogens with one attached hydrogen (secondary N) is 5. The Morgan fingerprint density at radius 3 is 2.92 bits per heavy atom. The quantitative estimate of drug-likeness (QED) is 0.0669. The molecule has 11 nitrogen and oxygen atoms in total. The number of aromatic nitrogens is 2. The van der Waals surface area contributed by atoms with E-state index in [0.29, 0.717) is 31.4 Å². The lowest BCUT2D eigenvalue weighted by Gasteiger charge is -2.10. The molecule has 5 N–H and O–H groups in total.